The molecule has 3 unspecified atom stereocenters. The van der Waals surface area contributed by atoms with Gasteiger partial charge in [-0.25, -0.2) is 4.39 Å². The van der Waals surface area contributed by atoms with Crippen LogP contribution in [0.1, 0.15) is 75.2 Å². The molecule has 1 fully saturated rings. The second kappa shape index (κ2) is 10.7. The predicted octanol–water partition coefficient (Wildman–Crippen LogP) is 7.86. The molecule has 2 aliphatic rings. The molecule has 0 bridgehead atoms. The summed E-state index contributed by atoms with van der Waals surface area (Å²) in [6, 6.07) is 17.3. The van der Waals surface area contributed by atoms with E-state index in [-0.39, 0.29) is 34.8 Å². The third-order valence-corrected chi connectivity index (χ3v) is 7.30. The fourth-order valence-corrected chi connectivity index (χ4v) is 5.16. The van der Waals surface area contributed by atoms with Crippen molar-refractivity contribution in [3.05, 3.63) is 83.2 Å². The summed E-state index contributed by atoms with van der Waals surface area (Å²) >= 11 is 0. The number of halogens is 1. The fraction of sp³-hybridized carbons (Fsp3) is 0.406. The van der Waals surface area contributed by atoms with Crippen LogP contribution >= 0.6 is 0 Å². The Labute approximate surface area is 223 Å². The van der Waals surface area contributed by atoms with E-state index in [1.54, 1.807) is 30.3 Å². The average molecular weight is 519 g/mol. The van der Waals surface area contributed by atoms with Gasteiger partial charge in [-0.05, 0) is 97.5 Å². The summed E-state index contributed by atoms with van der Waals surface area (Å²) in [5.41, 5.74) is 2.68. The third kappa shape index (κ3) is 6.12. The Bertz CT molecular complexity index is 1280. The number of phenolic OH excluding ortho intramolecular Hbond substituents is 1. The number of hydrogen-bond donors (Lipinski definition) is 1. The molecule has 0 spiro atoms. The third-order valence-electron chi connectivity index (χ3n) is 7.30. The number of aromatic hydroxyl groups is 1. The van der Waals surface area contributed by atoms with Gasteiger partial charge in [-0.3, -0.25) is 4.79 Å². The van der Waals surface area contributed by atoms with Gasteiger partial charge in [-0.15, -0.1) is 0 Å². The Morgan fingerprint density at radius 1 is 1.00 bits per heavy atom. The molecule has 3 atom stereocenters. The molecule has 3 aromatic rings. The first kappa shape index (κ1) is 26.1. The van der Waals surface area contributed by atoms with Crippen LogP contribution in [0.2, 0.25) is 0 Å². The van der Waals surface area contributed by atoms with Crippen LogP contribution in [0, 0.1) is 17.2 Å². The molecule has 1 N–H and O–H groups in total. The molecule has 38 heavy (non-hydrogen) atoms. The van der Waals surface area contributed by atoms with Crippen LogP contribution in [0.5, 0.6) is 23.0 Å². The molecular weight excluding hydrogens is 483 g/mol. The van der Waals surface area contributed by atoms with Crippen molar-refractivity contribution in [2.45, 2.75) is 64.9 Å². The number of fused-ring (bicyclic) bond motifs is 1. The van der Waals surface area contributed by atoms with Crippen LogP contribution in [0.3, 0.4) is 0 Å². The maximum atomic E-state index is 14.9. The number of ether oxygens (including phenoxy) is 3. The molecule has 0 radical (unpaired) electrons. The summed E-state index contributed by atoms with van der Waals surface area (Å²) < 4.78 is 32.6. The van der Waals surface area contributed by atoms with Crippen LogP contribution in [-0.4, -0.2) is 17.7 Å². The van der Waals surface area contributed by atoms with Gasteiger partial charge in [0.15, 0.2) is 0 Å². The van der Waals surface area contributed by atoms with Gasteiger partial charge in [-0.2, -0.15) is 0 Å². The fourth-order valence-electron chi connectivity index (χ4n) is 5.16. The minimum Gasteiger partial charge on any atom is -0.508 e. The molecule has 0 aromatic heterocycles. The van der Waals surface area contributed by atoms with Gasteiger partial charge in [0.1, 0.15) is 34.9 Å². The summed E-state index contributed by atoms with van der Waals surface area (Å²) in [4.78, 5) is 12.4. The Morgan fingerprint density at radius 2 is 1.71 bits per heavy atom. The van der Waals surface area contributed by atoms with Crippen LogP contribution in [0.4, 0.5) is 4.39 Å². The zero-order chi connectivity index (χ0) is 26.9. The van der Waals surface area contributed by atoms with E-state index >= 15 is 0 Å². The zero-order valence-corrected chi connectivity index (χ0v) is 22.2. The molecule has 5 rings (SSSR count). The SMILES string of the molecule is CC(C)(C)CCCOC(=O)C1CC1c1ccc(OC2CCc3c(Oc4ccc(O)cc4)ccc(F)c32)cc1. The van der Waals surface area contributed by atoms with Gasteiger partial charge < -0.3 is 19.3 Å². The van der Waals surface area contributed by atoms with Crippen molar-refractivity contribution in [1.82, 2.24) is 0 Å². The van der Waals surface area contributed by atoms with E-state index in [2.05, 4.69) is 20.8 Å². The van der Waals surface area contributed by atoms with Crippen LogP contribution in [-0.2, 0) is 16.0 Å². The number of phenols is 1. The Hall–Kier alpha value is -3.54. The van der Waals surface area contributed by atoms with Crippen molar-refractivity contribution >= 4 is 5.97 Å². The molecule has 5 nitrogen and oxygen atoms in total. The Balaban J connectivity index is 1.18. The highest BCUT2D eigenvalue weighted by Gasteiger charge is 2.45. The number of carbonyl (C=O) groups is 1. The number of hydrogen-bond acceptors (Lipinski definition) is 5. The number of carbonyl (C=O) groups excluding carboxylic acids is 1. The number of esters is 1. The van der Waals surface area contributed by atoms with E-state index in [1.165, 1.54) is 6.07 Å². The quantitative estimate of drug-likeness (QED) is 0.231. The lowest BCUT2D eigenvalue weighted by molar-refractivity contribution is -0.145. The van der Waals surface area contributed by atoms with Gasteiger partial charge >= 0.3 is 5.97 Å². The maximum absolute atomic E-state index is 14.9. The largest absolute Gasteiger partial charge is 0.508 e. The summed E-state index contributed by atoms with van der Waals surface area (Å²) in [6.45, 7) is 7.04. The first-order valence-electron chi connectivity index (χ1n) is 13.4. The monoisotopic (exact) mass is 518 g/mol. The van der Waals surface area contributed by atoms with Crippen molar-refractivity contribution in [3.63, 3.8) is 0 Å². The topological polar surface area (TPSA) is 65.0 Å². The van der Waals surface area contributed by atoms with Crippen molar-refractivity contribution in [3.8, 4) is 23.0 Å². The standard InChI is InChI=1S/C32H35FO5/c1-32(2,3)17-4-18-36-31(35)26-19-25(26)20-5-9-22(10-6-20)38-29-15-13-24-28(16-14-27(33)30(24)29)37-23-11-7-21(34)8-12-23/h5-12,14,16,25-26,29,34H,4,13,15,17-19H2,1-3H3. The first-order valence-corrected chi connectivity index (χ1v) is 13.4. The van der Waals surface area contributed by atoms with Gasteiger partial charge in [0.2, 0.25) is 0 Å². The van der Waals surface area contributed by atoms with Gasteiger partial charge in [0, 0.05) is 11.1 Å². The summed E-state index contributed by atoms with van der Waals surface area (Å²) in [7, 11) is 0. The van der Waals surface area contributed by atoms with Crippen LogP contribution in [0.15, 0.2) is 60.7 Å². The number of rotatable bonds is 9. The number of benzene rings is 3. The molecule has 1 saturated carbocycles. The van der Waals surface area contributed by atoms with Crippen molar-refractivity contribution in [2.24, 2.45) is 11.3 Å². The molecule has 0 amide bonds. The highest BCUT2D eigenvalue weighted by molar-refractivity contribution is 5.77. The highest BCUT2D eigenvalue weighted by Crippen LogP contribution is 2.49. The molecule has 2 aliphatic carbocycles. The molecule has 6 heteroatoms. The van der Waals surface area contributed by atoms with Crippen molar-refractivity contribution in [2.75, 3.05) is 6.61 Å². The predicted molar refractivity (Wildman–Crippen MR) is 143 cm³/mol. The lowest BCUT2D eigenvalue weighted by Crippen LogP contribution is -2.12. The van der Waals surface area contributed by atoms with Crippen LogP contribution in [0.25, 0.3) is 0 Å². The Kier molecular flexibility index (Phi) is 7.33. The molecular formula is C32H35FO5. The minimum absolute atomic E-state index is 0.0702. The lowest BCUT2D eigenvalue weighted by Gasteiger charge is -2.17. The van der Waals surface area contributed by atoms with Crippen molar-refractivity contribution < 1.29 is 28.5 Å². The summed E-state index contributed by atoms with van der Waals surface area (Å²) in [5.74, 6) is 1.69. The first-order chi connectivity index (χ1) is 18.2. The molecule has 3 aromatic carbocycles. The molecule has 200 valence electrons. The Morgan fingerprint density at radius 3 is 2.42 bits per heavy atom. The van der Waals surface area contributed by atoms with E-state index in [1.807, 2.05) is 24.3 Å². The van der Waals surface area contributed by atoms with Gasteiger partial charge in [0.25, 0.3) is 0 Å². The second-order valence-corrected chi connectivity index (χ2v) is 11.5. The second-order valence-electron chi connectivity index (χ2n) is 11.5. The van der Waals surface area contributed by atoms with E-state index < -0.39 is 6.10 Å². The highest BCUT2D eigenvalue weighted by atomic mass is 19.1. The van der Waals surface area contributed by atoms with E-state index in [9.17, 15) is 14.3 Å². The van der Waals surface area contributed by atoms with Gasteiger partial charge in [0.05, 0.1) is 12.5 Å². The zero-order valence-electron chi connectivity index (χ0n) is 22.2. The van der Waals surface area contributed by atoms with Gasteiger partial charge in [-0.1, -0.05) is 32.9 Å². The maximum Gasteiger partial charge on any atom is 0.309 e. The van der Waals surface area contributed by atoms with E-state index in [0.717, 1.165) is 30.4 Å². The summed E-state index contributed by atoms with van der Waals surface area (Å²) in [5, 5.41) is 9.50. The lowest BCUT2D eigenvalue weighted by atomic mass is 9.91. The van der Waals surface area contributed by atoms with Crippen molar-refractivity contribution in [1.29, 1.82) is 0 Å². The summed E-state index contributed by atoms with van der Waals surface area (Å²) in [6.07, 6.45) is 3.60. The normalized spacial score (nSPS) is 20.1. The molecule has 0 aliphatic heterocycles. The molecule has 0 heterocycles. The smallest absolute Gasteiger partial charge is 0.309 e. The minimum atomic E-state index is -0.407. The van der Waals surface area contributed by atoms with Crippen LogP contribution < -0.4 is 9.47 Å². The van der Waals surface area contributed by atoms with E-state index in [4.69, 9.17) is 14.2 Å². The average Bonchev–Trinajstić information content (AvgIpc) is 3.57. The molecule has 0 saturated heterocycles. The van der Waals surface area contributed by atoms with E-state index in [0.29, 0.717) is 42.3 Å².